The average Bonchev–Trinajstić information content (AvgIpc) is 3.15. The first-order valence-electron chi connectivity index (χ1n) is 23.6. The Bertz CT molecular complexity index is 1950. The first kappa shape index (κ1) is 63.0. The monoisotopic (exact) mass is 1020 g/mol. The van der Waals surface area contributed by atoms with Crippen molar-refractivity contribution in [1.29, 1.82) is 0 Å². The van der Waals surface area contributed by atoms with Crippen LogP contribution in [-0.2, 0) is 61.3 Å². The second-order valence-electron chi connectivity index (χ2n) is 22.1. The number of carbonyl (C=O) groups excluding carboxylic acids is 7. The molecule has 20 heteroatoms. The van der Waals surface area contributed by atoms with Gasteiger partial charge in [0.1, 0.15) is 34.2 Å². The van der Waals surface area contributed by atoms with Crippen LogP contribution in [0.2, 0.25) is 5.02 Å². The number of halogens is 2. The van der Waals surface area contributed by atoms with Crippen molar-refractivity contribution in [3.05, 3.63) is 28.8 Å². The van der Waals surface area contributed by atoms with Crippen LogP contribution in [0, 0.1) is 17.8 Å². The van der Waals surface area contributed by atoms with E-state index in [9.17, 15) is 42.5 Å². The zero-order chi connectivity index (χ0) is 53.2. The molecule has 1 rings (SSSR count). The van der Waals surface area contributed by atoms with Gasteiger partial charge in [-0.2, -0.15) is 4.39 Å². The lowest BCUT2D eigenvalue weighted by atomic mass is 9.94. The van der Waals surface area contributed by atoms with Crippen LogP contribution in [0.5, 0.6) is 0 Å². The average molecular weight is 1020 g/mol. The minimum absolute atomic E-state index is 0.0280. The fraction of sp³-hybridized carbons (Fsp3) is 0.755. The highest BCUT2D eigenvalue weighted by Crippen LogP contribution is 2.54. The molecule has 0 fully saturated rings. The summed E-state index contributed by atoms with van der Waals surface area (Å²) in [4.78, 5) is 95.2. The molecular weight excluding hydrogens is 939 g/mol. The number of nitrogens with one attached hydrogen (secondary N) is 2. The number of hydrogen-bond donors (Lipinski definition) is 2. The minimum atomic E-state index is -4.11. The summed E-state index contributed by atoms with van der Waals surface area (Å²) in [7, 11) is -4.11. The quantitative estimate of drug-likeness (QED) is 0.0275. The van der Waals surface area contributed by atoms with Crippen LogP contribution in [0.3, 0.4) is 0 Å². The molecule has 69 heavy (non-hydrogen) atoms. The van der Waals surface area contributed by atoms with Gasteiger partial charge in [0.15, 0.2) is 0 Å². The molecule has 0 radical (unpaired) electrons. The third-order valence-corrected chi connectivity index (χ3v) is 11.6. The number of nitrogens with zero attached hydrogens (tertiary/aromatic N) is 1. The molecule has 1 heterocycles. The van der Waals surface area contributed by atoms with Gasteiger partial charge in [0.25, 0.3) is 5.91 Å². The molecule has 0 aliphatic heterocycles. The zero-order valence-corrected chi connectivity index (χ0v) is 45.3. The Morgan fingerprint density at radius 1 is 0.667 bits per heavy atom. The number of ether oxygens (including phenoxy) is 4. The van der Waals surface area contributed by atoms with Crippen LogP contribution in [0.15, 0.2) is 12.3 Å². The standard InChI is InChI=1S/C49H80ClFN3O14P/c1-45(2,3)64-39(57)25-23-33(43(60)66-47(7,8)9)31-69(62,68-49(13,14)15)63-27-19-21-37(44(61)67-48(10,11)12)54-38(56)24-22-32(42(59)65-46(4,5)6)28-35(55)20-17-16-18-26-52-41(58)34-29-36(50)40(51)53-30-34/h29-30,32-33,37H,16-28,31H2,1-15H3,(H,52,58)(H,54,56)/t32-,33-,37+,69?/m1/s1/i51-1. The highest BCUT2D eigenvalue weighted by atomic mass is 35.5. The number of hydrogen-bond acceptors (Lipinski definition) is 15. The van der Waals surface area contributed by atoms with E-state index in [1.165, 1.54) is 6.07 Å². The normalized spacial score (nSPS) is 14.6. The Kier molecular flexibility index (Phi) is 25.2. The molecule has 394 valence electrons. The zero-order valence-electron chi connectivity index (χ0n) is 43.7. The number of pyridine rings is 1. The Labute approximate surface area is 414 Å². The number of ketones is 1. The van der Waals surface area contributed by atoms with Crippen molar-refractivity contribution >= 4 is 60.7 Å². The van der Waals surface area contributed by atoms with Crippen molar-refractivity contribution in [2.75, 3.05) is 19.3 Å². The van der Waals surface area contributed by atoms with Gasteiger partial charge >= 0.3 is 31.5 Å². The van der Waals surface area contributed by atoms with Gasteiger partial charge in [-0.05, 0) is 148 Å². The van der Waals surface area contributed by atoms with Crippen LogP contribution in [-0.4, -0.2) is 99.8 Å². The molecule has 0 bridgehead atoms. The van der Waals surface area contributed by atoms with Crippen LogP contribution in [0.25, 0.3) is 0 Å². The molecule has 0 saturated heterocycles. The SMILES string of the molecule is CC(C)(C)OC(=O)CC[C@H](CP(=O)(OCCC[C@H](NC(=O)CC[C@H](CC(=O)CCCCCNC(=O)c1cnc([18F])c(Cl)c1)C(=O)OC(C)(C)C)C(=O)OC(C)(C)C)OC(C)(C)C)C(=O)OC(C)(C)C. The van der Waals surface area contributed by atoms with Crippen LogP contribution in [0.4, 0.5) is 4.39 Å². The van der Waals surface area contributed by atoms with E-state index in [0.29, 0.717) is 19.3 Å². The third-order valence-electron chi connectivity index (χ3n) is 9.08. The number of Topliss-reactive ketones (excluding diaryl/α,β-unsaturated/α-hetero) is 1. The lowest BCUT2D eigenvalue weighted by Crippen LogP contribution is -2.44. The highest BCUT2D eigenvalue weighted by Gasteiger charge is 2.39. The predicted molar refractivity (Wildman–Crippen MR) is 259 cm³/mol. The van der Waals surface area contributed by atoms with Crippen molar-refractivity contribution < 1.29 is 70.5 Å². The molecule has 1 unspecified atom stereocenters. The number of carbonyl (C=O) groups is 7. The molecule has 0 aromatic carbocycles. The van der Waals surface area contributed by atoms with E-state index >= 15 is 0 Å². The lowest BCUT2D eigenvalue weighted by Gasteiger charge is -2.30. The van der Waals surface area contributed by atoms with Gasteiger partial charge in [0, 0.05) is 38.4 Å². The summed E-state index contributed by atoms with van der Waals surface area (Å²) in [6.45, 7) is 25.4. The van der Waals surface area contributed by atoms with E-state index in [1.54, 1.807) is 104 Å². The van der Waals surface area contributed by atoms with Gasteiger partial charge in [-0.15, -0.1) is 0 Å². The Balaban J connectivity index is 3.07. The number of amides is 2. The maximum absolute atomic E-state index is 14.5. The topological polar surface area (TPSA) is 229 Å². The van der Waals surface area contributed by atoms with Crippen LogP contribution in [0.1, 0.15) is 185 Å². The summed E-state index contributed by atoms with van der Waals surface area (Å²) in [5, 5.41) is 5.12. The van der Waals surface area contributed by atoms with Gasteiger partial charge in [0.2, 0.25) is 11.9 Å². The number of unbranched alkanes of at least 4 members (excludes halogenated alkanes) is 2. The third kappa shape index (κ3) is 29.7. The van der Waals surface area contributed by atoms with E-state index in [1.807, 2.05) is 0 Å². The van der Waals surface area contributed by atoms with Gasteiger partial charge in [-0.1, -0.05) is 18.0 Å². The van der Waals surface area contributed by atoms with E-state index in [-0.39, 0.29) is 80.9 Å². The molecule has 2 N–H and O–H groups in total. The van der Waals surface area contributed by atoms with Crippen molar-refractivity contribution in [2.45, 2.75) is 209 Å². The number of aromatic nitrogens is 1. The molecule has 4 atom stereocenters. The summed E-state index contributed by atoms with van der Waals surface area (Å²) < 4.78 is 62.0. The van der Waals surface area contributed by atoms with Crippen molar-refractivity contribution in [2.24, 2.45) is 11.8 Å². The molecule has 0 aliphatic carbocycles. The summed E-state index contributed by atoms with van der Waals surface area (Å²) >= 11 is 5.71. The predicted octanol–water partition coefficient (Wildman–Crippen LogP) is 9.57. The lowest BCUT2D eigenvalue weighted by molar-refractivity contribution is -0.162. The van der Waals surface area contributed by atoms with Crippen molar-refractivity contribution in [1.82, 2.24) is 15.6 Å². The Morgan fingerprint density at radius 3 is 1.74 bits per heavy atom. The molecule has 0 aliphatic rings. The van der Waals surface area contributed by atoms with Crippen LogP contribution >= 0.6 is 19.2 Å². The summed E-state index contributed by atoms with van der Waals surface area (Å²) in [5.74, 6) is -6.83. The van der Waals surface area contributed by atoms with E-state index < -0.39 is 101 Å². The maximum Gasteiger partial charge on any atom is 0.332 e. The molecule has 0 saturated carbocycles. The largest absolute Gasteiger partial charge is 0.460 e. The first-order valence-corrected chi connectivity index (χ1v) is 25.7. The second-order valence-corrected chi connectivity index (χ2v) is 24.5. The van der Waals surface area contributed by atoms with E-state index in [2.05, 4.69) is 15.6 Å². The summed E-state index contributed by atoms with van der Waals surface area (Å²) in [6.07, 6.45) is 1.72. The van der Waals surface area contributed by atoms with Gasteiger partial charge in [0.05, 0.1) is 40.8 Å². The second kappa shape index (κ2) is 27.6. The van der Waals surface area contributed by atoms with Gasteiger partial charge in [-0.25, -0.2) is 9.78 Å². The molecule has 1 aromatic heterocycles. The van der Waals surface area contributed by atoms with Crippen molar-refractivity contribution in [3.63, 3.8) is 0 Å². The van der Waals surface area contributed by atoms with E-state index in [4.69, 9.17) is 39.6 Å². The molecule has 0 spiro atoms. The first-order chi connectivity index (χ1) is 31.4. The van der Waals surface area contributed by atoms with Crippen molar-refractivity contribution in [3.8, 4) is 0 Å². The fourth-order valence-electron chi connectivity index (χ4n) is 6.38. The van der Waals surface area contributed by atoms with E-state index in [0.717, 1.165) is 6.20 Å². The smallest absolute Gasteiger partial charge is 0.332 e. The van der Waals surface area contributed by atoms with Gasteiger partial charge in [-0.3, -0.25) is 33.3 Å². The van der Waals surface area contributed by atoms with Gasteiger partial charge < -0.3 is 38.6 Å². The number of esters is 4. The Morgan fingerprint density at radius 2 is 1.20 bits per heavy atom. The Hall–Kier alpha value is -3.99. The van der Waals surface area contributed by atoms with Crippen LogP contribution < -0.4 is 10.6 Å². The minimum Gasteiger partial charge on any atom is -0.460 e. The number of rotatable bonds is 27. The molecular formula is C49H80ClFN3O14P. The summed E-state index contributed by atoms with van der Waals surface area (Å²) in [5.41, 5.74) is -4.32. The molecule has 2 amide bonds. The fourth-order valence-corrected chi connectivity index (χ4v) is 8.89. The highest BCUT2D eigenvalue weighted by molar-refractivity contribution is 7.53. The summed E-state index contributed by atoms with van der Waals surface area (Å²) in [6, 6.07) is -0.0120. The molecule has 1 aromatic rings. The molecule has 17 nitrogen and oxygen atoms in total. The maximum atomic E-state index is 14.5.